The smallest absolute Gasteiger partial charge is 0.241 e. The Labute approximate surface area is 126 Å². The highest BCUT2D eigenvalue weighted by atomic mass is 19.1. The van der Waals surface area contributed by atoms with Crippen LogP contribution in [0.2, 0.25) is 0 Å². The Kier molecular flexibility index (Phi) is 4.38. The molecular formula is C14H16FN5O2. The van der Waals surface area contributed by atoms with Gasteiger partial charge in [-0.3, -0.25) is 4.79 Å². The molecule has 7 nitrogen and oxygen atoms in total. The molecule has 0 saturated carbocycles. The number of carbonyl (C=O) groups is 1. The maximum Gasteiger partial charge on any atom is 0.241 e. The monoisotopic (exact) mass is 305 g/mol. The van der Waals surface area contributed by atoms with Gasteiger partial charge < -0.3 is 10.1 Å². The summed E-state index contributed by atoms with van der Waals surface area (Å²) in [5.41, 5.74) is 0.929. The number of nitrogens with zero attached hydrogens (tertiary/aromatic N) is 4. The minimum atomic E-state index is -0.270. The molecular weight excluding hydrogens is 289 g/mol. The normalized spacial score (nSPS) is 21.0. The van der Waals surface area contributed by atoms with Crippen molar-refractivity contribution in [2.24, 2.45) is 5.92 Å². The summed E-state index contributed by atoms with van der Waals surface area (Å²) in [5, 5.41) is 13.5. The lowest BCUT2D eigenvalue weighted by molar-refractivity contribution is -0.122. The van der Waals surface area contributed by atoms with Crippen molar-refractivity contribution in [2.75, 3.05) is 13.2 Å². The number of carbonyl (C=O) groups excluding carboxylic acids is 1. The first-order chi connectivity index (χ1) is 10.7. The molecule has 1 fully saturated rings. The van der Waals surface area contributed by atoms with Gasteiger partial charge in [0.15, 0.2) is 0 Å². The van der Waals surface area contributed by atoms with Gasteiger partial charge in [0.1, 0.15) is 18.7 Å². The van der Waals surface area contributed by atoms with E-state index in [0.717, 1.165) is 12.0 Å². The molecule has 0 unspecified atom stereocenters. The highest BCUT2D eigenvalue weighted by Crippen LogP contribution is 2.34. The minimum absolute atomic E-state index is 0.0851. The third-order valence-electron chi connectivity index (χ3n) is 3.67. The van der Waals surface area contributed by atoms with Crippen LogP contribution >= 0.6 is 0 Å². The minimum Gasteiger partial charge on any atom is -0.373 e. The fourth-order valence-corrected chi connectivity index (χ4v) is 2.56. The molecule has 116 valence electrons. The molecule has 0 bridgehead atoms. The fraction of sp³-hybridized carbons (Fsp3) is 0.429. The van der Waals surface area contributed by atoms with Gasteiger partial charge in [-0.1, -0.05) is 12.1 Å². The third kappa shape index (κ3) is 3.45. The maximum absolute atomic E-state index is 13.0. The third-order valence-corrected chi connectivity index (χ3v) is 3.67. The molecule has 1 saturated heterocycles. The van der Waals surface area contributed by atoms with Crippen molar-refractivity contribution >= 4 is 5.91 Å². The number of halogens is 1. The molecule has 8 heteroatoms. The van der Waals surface area contributed by atoms with Gasteiger partial charge in [-0.05, 0) is 34.5 Å². The van der Waals surface area contributed by atoms with Gasteiger partial charge in [-0.2, -0.15) is 0 Å². The highest BCUT2D eigenvalue weighted by Gasteiger charge is 2.29. The van der Waals surface area contributed by atoms with Crippen molar-refractivity contribution in [3.05, 3.63) is 42.0 Å². The van der Waals surface area contributed by atoms with Crippen LogP contribution in [0.5, 0.6) is 0 Å². The summed E-state index contributed by atoms with van der Waals surface area (Å²) in [6.45, 7) is 1.22. The van der Waals surface area contributed by atoms with Crippen molar-refractivity contribution in [1.29, 1.82) is 0 Å². The van der Waals surface area contributed by atoms with Crippen molar-refractivity contribution in [3.63, 3.8) is 0 Å². The van der Waals surface area contributed by atoms with Crippen LogP contribution in [0.4, 0.5) is 4.39 Å². The summed E-state index contributed by atoms with van der Waals surface area (Å²) in [5.74, 6) is -0.256. The SMILES string of the molecule is O=C(Cn1cnnn1)NC[C@@H]1CCO[C@H]1c1ccc(F)cc1. The Morgan fingerprint density at radius 3 is 2.95 bits per heavy atom. The topological polar surface area (TPSA) is 81.9 Å². The van der Waals surface area contributed by atoms with Crippen molar-refractivity contribution in [1.82, 2.24) is 25.5 Å². The second kappa shape index (κ2) is 6.61. The number of ether oxygens (including phenoxy) is 1. The zero-order valence-electron chi connectivity index (χ0n) is 11.9. The van der Waals surface area contributed by atoms with Crippen molar-refractivity contribution < 1.29 is 13.9 Å². The summed E-state index contributed by atoms with van der Waals surface area (Å²) in [6, 6.07) is 6.29. The first-order valence-corrected chi connectivity index (χ1v) is 7.07. The van der Waals surface area contributed by atoms with Gasteiger partial charge in [0.25, 0.3) is 0 Å². The molecule has 1 N–H and O–H groups in total. The number of nitrogens with one attached hydrogen (secondary N) is 1. The van der Waals surface area contributed by atoms with Gasteiger partial charge in [-0.15, -0.1) is 5.10 Å². The Morgan fingerprint density at radius 2 is 2.23 bits per heavy atom. The summed E-state index contributed by atoms with van der Waals surface area (Å²) in [6.07, 6.45) is 2.13. The molecule has 0 radical (unpaired) electrons. The van der Waals surface area contributed by atoms with Gasteiger partial charge in [0.05, 0.1) is 6.10 Å². The van der Waals surface area contributed by atoms with Crippen molar-refractivity contribution in [2.45, 2.75) is 19.1 Å². The lowest BCUT2D eigenvalue weighted by Gasteiger charge is -2.19. The van der Waals surface area contributed by atoms with E-state index in [0.29, 0.717) is 13.2 Å². The molecule has 2 atom stereocenters. The summed E-state index contributed by atoms with van der Waals surface area (Å²) in [7, 11) is 0. The van der Waals surface area contributed by atoms with E-state index >= 15 is 0 Å². The van der Waals surface area contributed by atoms with Crippen LogP contribution in [0.1, 0.15) is 18.1 Å². The zero-order chi connectivity index (χ0) is 15.4. The first-order valence-electron chi connectivity index (χ1n) is 7.07. The van der Waals surface area contributed by atoms with E-state index in [9.17, 15) is 9.18 Å². The average Bonchev–Trinajstić information content (AvgIpc) is 3.17. The summed E-state index contributed by atoms with van der Waals surface area (Å²) in [4.78, 5) is 11.8. The molecule has 1 aromatic carbocycles. The molecule has 0 spiro atoms. The predicted molar refractivity (Wildman–Crippen MR) is 74.0 cm³/mol. The van der Waals surface area contributed by atoms with Crippen LogP contribution < -0.4 is 5.32 Å². The van der Waals surface area contributed by atoms with E-state index in [1.807, 2.05) is 0 Å². The molecule has 1 aromatic heterocycles. The van der Waals surface area contributed by atoms with Gasteiger partial charge >= 0.3 is 0 Å². The van der Waals surface area contributed by atoms with Crippen LogP contribution in [0, 0.1) is 11.7 Å². The zero-order valence-corrected chi connectivity index (χ0v) is 11.9. The molecule has 3 rings (SSSR count). The quantitative estimate of drug-likeness (QED) is 0.879. The molecule has 1 amide bonds. The fourth-order valence-electron chi connectivity index (χ4n) is 2.56. The molecule has 2 aromatic rings. The number of benzene rings is 1. The van der Waals surface area contributed by atoms with Crippen LogP contribution in [-0.2, 0) is 16.1 Å². The molecule has 0 aliphatic carbocycles. The lowest BCUT2D eigenvalue weighted by Crippen LogP contribution is -2.33. The van der Waals surface area contributed by atoms with E-state index in [1.54, 1.807) is 12.1 Å². The Morgan fingerprint density at radius 1 is 1.41 bits per heavy atom. The Hall–Kier alpha value is -2.35. The largest absolute Gasteiger partial charge is 0.373 e. The second-order valence-corrected chi connectivity index (χ2v) is 5.20. The van der Waals surface area contributed by atoms with E-state index in [2.05, 4.69) is 20.8 Å². The van der Waals surface area contributed by atoms with Crippen LogP contribution in [-0.4, -0.2) is 39.3 Å². The van der Waals surface area contributed by atoms with E-state index in [-0.39, 0.29) is 30.3 Å². The average molecular weight is 305 g/mol. The number of rotatable bonds is 5. The van der Waals surface area contributed by atoms with Gasteiger partial charge in [-0.25, -0.2) is 9.07 Å². The van der Waals surface area contributed by atoms with Crippen LogP contribution in [0.15, 0.2) is 30.6 Å². The van der Waals surface area contributed by atoms with E-state index in [1.165, 1.54) is 23.1 Å². The molecule has 1 aliphatic heterocycles. The number of hydrogen-bond acceptors (Lipinski definition) is 5. The Balaban J connectivity index is 1.55. The number of amides is 1. The molecule has 1 aliphatic rings. The maximum atomic E-state index is 13.0. The highest BCUT2D eigenvalue weighted by molar-refractivity contribution is 5.75. The standard InChI is InChI=1S/C14H16FN5O2/c15-12-3-1-10(2-4-12)14-11(5-6-22-14)7-16-13(21)8-20-9-17-18-19-20/h1-4,9,11,14H,5-8H2,(H,16,21)/t11-,14-/m0/s1. The Bertz CT molecular complexity index is 617. The first kappa shape index (κ1) is 14.6. The predicted octanol–water partition coefficient (Wildman–Crippen LogP) is 0.706. The van der Waals surface area contributed by atoms with E-state index in [4.69, 9.17) is 4.74 Å². The van der Waals surface area contributed by atoms with Crippen LogP contribution in [0.25, 0.3) is 0 Å². The second-order valence-electron chi connectivity index (χ2n) is 5.20. The van der Waals surface area contributed by atoms with Crippen LogP contribution in [0.3, 0.4) is 0 Å². The molecule has 22 heavy (non-hydrogen) atoms. The lowest BCUT2D eigenvalue weighted by atomic mass is 9.95. The van der Waals surface area contributed by atoms with Gasteiger partial charge in [0, 0.05) is 19.1 Å². The summed E-state index contributed by atoms with van der Waals surface area (Å²) < 4.78 is 20.1. The number of aromatic nitrogens is 4. The van der Waals surface area contributed by atoms with E-state index < -0.39 is 0 Å². The van der Waals surface area contributed by atoms with Gasteiger partial charge in [0.2, 0.25) is 5.91 Å². The van der Waals surface area contributed by atoms with Crippen molar-refractivity contribution in [3.8, 4) is 0 Å². The summed E-state index contributed by atoms with van der Waals surface area (Å²) >= 11 is 0. The number of hydrogen-bond donors (Lipinski definition) is 1. The number of tetrazole rings is 1. The molecule has 2 heterocycles.